The Morgan fingerprint density at radius 3 is 2.30 bits per heavy atom. The maximum atomic E-state index is 12.5. The molecule has 0 saturated heterocycles. The predicted molar refractivity (Wildman–Crippen MR) is 64.7 cm³/mol. The SMILES string of the molecule is FC(F)COCCNC(CC(F)(F)F)c1ccccc1. The van der Waals surface area contributed by atoms with Gasteiger partial charge < -0.3 is 10.1 Å². The van der Waals surface area contributed by atoms with Crippen LogP contribution in [-0.4, -0.2) is 32.4 Å². The highest BCUT2D eigenvalue weighted by atomic mass is 19.4. The van der Waals surface area contributed by atoms with E-state index < -0.39 is 31.7 Å². The van der Waals surface area contributed by atoms with Gasteiger partial charge in [-0.25, -0.2) is 8.78 Å². The van der Waals surface area contributed by atoms with Crippen LogP contribution in [-0.2, 0) is 4.74 Å². The third-order valence-corrected chi connectivity index (χ3v) is 2.52. The van der Waals surface area contributed by atoms with E-state index in [4.69, 9.17) is 0 Å². The molecule has 114 valence electrons. The largest absolute Gasteiger partial charge is 0.390 e. The molecule has 20 heavy (non-hydrogen) atoms. The van der Waals surface area contributed by atoms with Gasteiger partial charge in [-0.05, 0) is 5.56 Å². The van der Waals surface area contributed by atoms with Crippen molar-refractivity contribution in [2.24, 2.45) is 0 Å². The normalized spacial score (nSPS) is 13.7. The molecule has 1 unspecified atom stereocenters. The molecule has 1 aromatic rings. The van der Waals surface area contributed by atoms with Gasteiger partial charge >= 0.3 is 6.18 Å². The first-order valence-electron chi connectivity index (χ1n) is 6.09. The fourth-order valence-corrected chi connectivity index (χ4v) is 1.70. The van der Waals surface area contributed by atoms with Gasteiger partial charge in [0, 0.05) is 12.6 Å². The zero-order chi connectivity index (χ0) is 15.0. The van der Waals surface area contributed by atoms with Gasteiger partial charge in [0.25, 0.3) is 6.43 Å². The zero-order valence-electron chi connectivity index (χ0n) is 10.7. The highest BCUT2D eigenvalue weighted by molar-refractivity contribution is 5.19. The molecule has 0 heterocycles. The summed E-state index contributed by atoms with van der Waals surface area (Å²) in [6.07, 6.45) is -7.90. The van der Waals surface area contributed by atoms with E-state index in [9.17, 15) is 22.0 Å². The van der Waals surface area contributed by atoms with Crippen molar-refractivity contribution in [2.75, 3.05) is 19.8 Å². The summed E-state index contributed by atoms with van der Waals surface area (Å²) < 4.78 is 65.8. The molecule has 1 N–H and O–H groups in total. The monoisotopic (exact) mass is 297 g/mol. The lowest BCUT2D eigenvalue weighted by Crippen LogP contribution is -2.29. The predicted octanol–water partition coefficient (Wildman–Crippen LogP) is 3.55. The second-order valence-corrected chi connectivity index (χ2v) is 4.20. The van der Waals surface area contributed by atoms with Crippen LogP contribution >= 0.6 is 0 Å². The van der Waals surface area contributed by atoms with E-state index in [2.05, 4.69) is 10.1 Å². The quantitative estimate of drug-likeness (QED) is 0.585. The van der Waals surface area contributed by atoms with Crippen molar-refractivity contribution >= 4 is 0 Å². The maximum absolute atomic E-state index is 12.5. The fourth-order valence-electron chi connectivity index (χ4n) is 1.70. The Morgan fingerprint density at radius 1 is 1.10 bits per heavy atom. The van der Waals surface area contributed by atoms with Crippen molar-refractivity contribution in [3.8, 4) is 0 Å². The van der Waals surface area contributed by atoms with Crippen LogP contribution in [0, 0.1) is 0 Å². The van der Waals surface area contributed by atoms with E-state index >= 15 is 0 Å². The Kier molecular flexibility index (Phi) is 6.87. The molecule has 1 atom stereocenters. The summed E-state index contributed by atoms with van der Waals surface area (Å²) in [5.74, 6) is 0. The summed E-state index contributed by atoms with van der Waals surface area (Å²) in [4.78, 5) is 0. The van der Waals surface area contributed by atoms with Crippen molar-refractivity contribution in [1.82, 2.24) is 5.32 Å². The number of hydrogen-bond donors (Lipinski definition) is 1. The number of nitrogens with one attached hydrogen (secondary N) is 1. The number of benzene rings is 1. The summed E-state index contributed by atoms with van der Waals surface area (Å²) >= 11 is 0. The molecule has 1 aromatic carbocycles. The molecule has 0 aliphatic rings. The molecule has 0 aliphatic heterocycles. The van der Waals surface area contributed by atoms with Crippen molar-refractivity contribution in [3.63, 3.8) is 0 Å². The number of ether oxygens (including phenoxy) is 1. The molecule has 0 amide bonds. The molecule has 0 saturated carbocycles. The number of alkyl halides is 5. The highest BCUT2D eigenvalue weighted by Crippen LogP contribution is 2.29. The van der Waals surface area contributed by atoms with Gasteiger partial charge in [0.2, 0.25) is 0 Å². The van der Waals surface area contributed by atoms with Gasteiger partial charge in [-0.2, -0.15) is 13.2 Å². The van der Waals surface area contributed by atoms with E-state index in [1.54, 1.807) is 30.3 Å². The second-order valence-electron chi connectivity index (χ2n) is 4.20. The van der Waals surface area contributed by atoms with E-state index in [1.165, 1.54) is 0 Å². The first kappa shape index (κ1) is 16.8. The molecule has 0 aliphatic carbocycles. The lowest BCUT2D eigenvalue weighted by molar-refractivity contribution is -0.140. The van der Waals surface area contributed by atoms with Crippen LogP contribution in [0.15, 0.2) is 30.3 Å². The van der Waals surface area contributed by atoms with Gasteiger partial charge in [0.1, 0.15) is 6.61 Å². The molecule has 0 radical (unpaired) electrons. The summed E-state index contributed by atoms with van der Waals surface area (Å²) in [6, 6.07) is 7.26. The Balaban J connectivity index is 2.47. The average molecular weight is 297 g/mol. The summed E-state index contributed by atoms with van der Waals surface area (Å²) in [5, 5.41) is 2.68. The van der Waals surface area contributed by atoms with E-state index in [-0.39, 0.29) is 13.2 Å². The molecule has 0 aromatic heterocycles. The van der Waals surface area contributed by atoms with Crippen LogP contribution in [0.3, 0.4) is 0 Å². The van der Waals surface area contributed by atoms with Gasteiger partial charge in [0.05, 0.1) is 13.0 Å². The molecule has 0 spiro atoms. The van der Waals surface area contributed by atoms with E-state index in [0.717, 1.165) is 0 Å². The summed E-state index contributed by atoms with van der Waals surface area (Å²) in [5.41, 5.74) is 0.499. The Labute approximate surface area is 113 Å². The maximum Gasteiger partial charge on any atom is 0.390 e. The molecule has 0 fully saturated rings. The van der Waals surface area contributed by atoms with Crippen molar-refractivity contribution in [1.29, 1.82) is 0 Å². The highest BCUT2D eigenvalue weighted by Gasteiger charge is 2.32. The van der Waals surface area contributed by atoms with Gasteiger partial charge in [0.15, 0.2) is 0 Å². The number of hydrogen-bond acceptors (Lipinski definition) is 2. The van der Waals surface area contributed by atoms with E-state index in [1.807, 2.05) is 0 Å². The van der Waals surface area contributed by atoms with Crippen LogP contribution in [0.4, 0.5) is 22.0 Å². The Bertz CT molecular complexity index is 369. The topological polar surface area (TPSA) is 21.3 Å². The summed E-state index contributed by atoms with van der Waals surface area (Å²) in [7, 11) is 0. The molecule has 0 bridgehead atoms. The van der Waals surface area contributed by atoms with Crippen LogP contribution in [0.5, 0.6) is 0 Å². The van der Waals surface area contributed by atoms with Gasteiger partial charge in [-0.3, -0.25) is 0 Å². The second kappa shape index (κ2) is 8.16. The van der Waals surface area contributed by atoms with Gasteiger partial charge in [-0.15, -0.1) is 0 Å². The number of halogens is 5. The number of rotatable bonds is 8. The molecule has 7 heteroatoms. The Hall–Kier alpha value is -1.21. The summed E-state index contributed by atoms with van der Waals surface area (Å²) in [6.45, 7) is -0.704. The smallest absolute Gasteiger partial charge is 0.374 e. The van der Waals surface area contributed by atoms with Crippen molar-refractivity contribution in [2.45, 2.75) is 25.1 Å². The van der Waals surface area contributed by atoms with Crippen LogP contribution in [0.1, 0.15) is 18.0 Å². The van der Waals surface area contributed by atoms with Gasteiger partial charge in [-0.1, -0.05) is 30.3 Å². The average Bonchev–Trinajstić information content (AvgIpc) is 2.36. The first-order valence-corrected chi connectivity index (χ1v) is 6.09. The molecule has 1 rings (SSSR count). The fraction of sp³-hybridized carbons (Fsp3) is 0.538. The van der Waals surface area contributed by atoms with Crippen LogP contribution in [0.2, 0.25) is 0 Å². The minimum atomic E-state index is -4.31. The molecular weight excluding hydrogens is 281 g/mol. The first-order chi connectivity index (χ1) is 9.38. The van der Waals surface area contributed by atoms with Crippen LogP contribution < -0.4 is 5.32 Å². The third-order valence-electron chi connectivity index (χ3n) is 2.52. The van der Waals surface area contributed by atoms with E-state index in [0.29, 0.717) is 5.56 Å². The minimum Gasteiger partial charge on any atom is -0.374 e. The van der Waals surface area contributed by atoms with Crippen molar-refractivity contribution in [3.05, 3.63) is 35.9 Å². The molecule has 2 nitrogen and oxygen atoms in total. The molecular formula is C13H16F5NO. The lowest BCUT2D eigenvalue weighted by atomic mass is 10.0. The van der Waals surface area contributed by atoms with Crippen LogP contribution in [0.25, 0.3) is 0 Å². The standard InChI is InChI=1S/C13H16F5NO/c14-12(15)9-20-7-6-19-11(8-13(16,17)18)10-4-2-1-3-5-10/h1-5,11-12,19H,6-9H2. The van der Waals surface area contributed by atoms with Crippen molar-refractivity contribution < 1.29 is 26.7 Å². The lowest BCUT2D eigenvalue weighted by Gasteiger charge is -2.20. The minimum absolute atomic E-state index is 0.0640. The Morgan fingerprint density at radius 2 is 1.75 bits per heavy atom. The zero-order valence-corrected chi connectivity index (χ0v) is 10.7. The third kappa shape index (κ3) is 7.40.